The number of aromatic nitrogens is 4. The van der Waals surface area contributed by atoms with Gasteiger partial charge in [-0.1, -0.05) is 13.8 Å². The molecule has 2 rings (SSSR count). The van der Waals surface area contributed by atoms with Crippen LogP contribution in [0.25, 0.3) is 0 Å². The van der Waals surface area contributed by atoms with Crippen LogP contribution in [-0.2, 0) is 13.1 Å². The normalized spacial score (nSPS) is 11.2. The van der Waals surface area contributed by atoms with Crippen molar-refractivity contribution in [3.63, 3.8) is 0 Å². The zero-order valence-electron chi connectivity index (χ0n) is 9.42. The fourth-order valence-electron chi connectivity index (χ4n) is 1.27. The van der Waals surface area contributed by atoms with Gasteiger partial charge in [0.15, 0.2) is 0 Å². The van der Waals surface area contributed by atoms with Gasteiger partial charge >= 0.3 is 0 Å². The Morgan fingerprint density at radius 1 is 1.50 bits per heavy atom. The summed E-state index contributed by atoms with van der Waals surface area (Å²) < 4.78 is 1.77. The number of nitrogens with one attached hydrogen (secondary N) is 1. The first-order chi connectivity index (χ1) is 7.74. The van der Waals surface area contributed by atoms with Gasteiger partial charge in [0.05, 0.1) is 12.2 Å². The highest BCUT2D eigenvalue weighted by Gasteiger charge is 2.03. The first kappa shape index (κ1) is 11.2. The third-order valence-electron chi connectivity index (χ3n) is 2.05. The molecule has 0 radical (unpaired) electrons. The average Bonchev–Trinajstić information content (AvgIpc) is 2.87. The minimum absolute atomic E-state index is 0.489. The smallest absolute Gasteiger partial charge is 0.137 e. The van der Waals surface area contributed by atoms with Crippen LogP contribution in [0.1, 0.15) is 24.5 Å². The third kappa shape index (κ3) is 3.11. The van der Waals surface area contributed by atoms with Gasteiger partial charge in [-0.3, -0.25) is 0 Å². The van der Waals surface area contributed by atoms with E-state index in [0.29, 0.717) is 12.6 Å². The highest BCUT2D eigenvalue weighted by atomic mass is 32.1. The predicted molar refractivity (Wildman–Crippen MR) is 63.2 cm³/mol. The second kappa shape index (κ2) is 5.18. The van der Waals surface area contributed by atoms with E-state index in [1.807, 2.05) is 0 Å². The van der Waals surface area contributed by atoms with Crippen molar-refractivity contribution in [2.45, 2.75) is 33.0 Å². The number of thiazole rings is 1. The van der Waals surface area contributed by atoms with Gasteiger partial charge in [0, 0.05) is 18.0 Å². The Labute approximate surface area is 98.5 Å². The Balaban J connectivity index is 1.92. The van der Waals surface area contributed by atoms with Crippen molar-refractivity contribution in [2.75, 3.05) is 0 Å². The summed E-state index contributed by atoms with van der Waals surface area (Å²) in [5.74, 6) is 0. The molecule has 0 amide bonds. The van der Waals surface area contributed by atoms with Gasteiger partial charge in [0.25, 0.3) is 0 Å². The van der Waals surface area contributed by atoms with E-state index in [1.165, 1.54) is 6.33 Å². The van der Waals surface area contributed by atoms with Gasteiger partial charge in [0.2, 0.25) is 0 Å². The molecular formula is C10H15N5S. The van der Waals surface area contributed by atoms with Gasteiger partial charge in [-0.25, -0.2) is 14.6 Å². The van der Waals surface area contributed by atoms with E-state index in [1.54, 1.807) is 22.3 Å². The van der Waals surface area contributed by atoms with Gasteiger partial charge in [-0.2, -0.15) is 5.10 Å². The standard InChI is InChI=1S/C10H15N5S/c1-8(2)12-3-10-14-9(5-16-10)4-15-7-11-6-13-15/h5-8,12H,3-4H2,1-2H3. The molecule has 86 valence electrons. The lowest BCUT2D eigenvalue weighted by atomic mass is 10.4. The third-order valence-corrected chi connectivity index (χ3v) is 2.95. The largest absolute Gasteiger partial charge is 0.308 e. The van der Waals surface area contributed by atoms with Crippen molar-refractivity contribution >= 4 is 11.3 Å². The molecule has 2 aromatic heterocycles. The average molecular weight is 237 g/mol. The molecule has 0 unspecified atom stereocenters. The highest BCUT2D eigenvalue weighted by Crippen LogP contribution is 2.10. The van der Waals surface area contributed by atoms with Crippen molar-refractivity contribution in [1.29, 1.82) is 0 Å². The lowest BCUT2D eigenvalue weighted by molar-refractivity contribution is 0.585. The maximum Gasteiger partial charge on any atom is 0.137 e. The van der Waals surface area contributed by atoms with E-state index in [-0.39, 0.29) is 0 Å². The lowest BCUT2D eigenvalue weighted by Gasteiger charge is -2.04. The molecule has 0 atom stereocenters. The number of nitrogens with zero attached hydrogens (tertiary/aromatic N) is 4. The molecule has 0 aromatic carbocycles. The van der Waals surface area contributed by atoms with Crippen LogP contribution in [0.2, 0.25) is 0 Å². The summed E-state index contributed by atoms with van der Waals surface area (Å²) in [7, 11) is 0. The van der Waals surface area contributed by atoms with Crippen molar-refractivity contribution < 1.29 is 0 Å². The quantitative estimate of drug-likeness (QED) is 0.851. The van der Waals surface area contributed by atoms with Crippen LogP contribution in [0.3, 0.4) is 0 Å². The van der Waals surface area contributed by atoms with Gasteiger partial charge in [0.1, 0.15) is 17.7 Å². The van der Waals surface area contributed by atoms with E-state index >= 15 is 0 Å². The molecule has 5 nitrogen and oxygen atoms in total. The highest BCUT2D eigenvalue weighted by molar-refractivity contribution is 7.09. The van der Waals surface area contributed by atoms with Crippen molar-refractivity contribution in [3.05, 3.63) is 28.7 Å². The Morgan fingerprint density at radius 3 is 3.06 bits per heavy atom. The summed E-state index contributed by atoms with van der Waals surface area (Å²) in [6.45, 7) is 5.78. The number of hydrogen-bond acceptors (Lipinski definition) is 5. The monoisotopic (exact) mass is 237 g/mol. The fourth-order valence-corrected chi connectivity index (χ4v) is 2.01. The summed E-state index contributed by atoms with van der Waals surface area (Å²) in [6, 6.07) is 0.489. The molecule has 2 heterocycles. The molecule has 0 saturated heterocycles. The number of rotatable bonds is 5. The minimum Gasteiger partial charge on any atom is -0.308 e. The SMILES string of the molecule is CC(C)NCc1nc(Cn2cncn2)cs1. The van der Waals surface area contributed by atoms with Crippen molar-refractivity contribution in [1.82, 2.24) is 25.1 Å². The van der Waals surface area contributed by atoms with Crippen LogP contribution in [0.5, 0.6) is 0 Å². The van der Waals surface area contributed by atoms with Gasteiger partial charge in [-0.15, -0.1) is 11.3 Å². The summed E-state index contributed by atoms with van der Waals surface area (Å²) in [5, 5.41) is 10.6. The molecule has 0 spiro atoms. The number of hydrogen-bond donors (Lipinski definition) is 1. The van der Waals surface area contributed by atoms with Crippen LogP contribution in [0.4, 0.5) is 0 Å². The second-order valence-corrected chi connectivity index (χ2v) is 4.80. The molecule has 2 aromatic rings. The maximum absolute atomic E-state index is 4.52. The zero-order valence-corrected chi connectivity index (χ0v) is 10.2. The molecule has 16 heavy (non-hydrogen) atoms. The molecule has 0 aliphatic carbocycles. The molecular weight excluding hydrogens is 222 g/mol. The van der Waals surface area contributed by atoms with Crippen molar-refractivity contribution in [2.24, 2.45) is 0 Å². The minimum atomic E-state index is 0.489. The molecule has 0 bridgehead atoms. The first-order valence-electron chi connectivity index (χ1n) is 5.23. The summed E-state index contributed by atoms with van der Waals surface area (Å²) in [6.07, 6.45) is 3.24. The Kier molecular flexibility index (Phi) is 3.63. The topological polar surface area (TPSA) is 55.6 Å². The van der Waals surface area contributed by atoms with Crippen LogP contribution in [0, 0.1) is 0 Å². The fraction of sp³-hybridized carbons (Fsp3) is 0.500. The molecule has 0 saturated carbocycles. The second-order valence-electron chi connectivity index (χ2n) is 3.86. The van der Waals surface area contributed by atoms with E-state index < -0.39 is 0 Å². The Bertz CT molecular complexity index is 420. The Hall–Kier alpha value is -1.27. The van der Waals surface area contributed by atoms with E-state index in [9.17, 15) is 0 Å². The van der Waals surface area contributed by atoms with Gasteiger partial charge in [-0.05, 0) is 0 Å². The van der Waals surface area contributed by atoms with Crippen LogP contribution < -0.4 is 5.32 Å². The predicted octanol–water partition coefficient (Wildman–Crippen LogP) is 1.28. The van der Waals surface area contributed by atoms with Gasteiger partial charge < -0.3 is 5.32 Å². The molecule has 6 heteroatoms. The van der Waals surface area contributed by atoms with Crippen LogP contribution >= 0.6 is 11.3 Å². The zero-order chi connectivity index (χ0) is 11.4. The Morgan fingerprint density at radius 2 is 2.38 bits per heavy atom. The molecule has 0 aliphatic heterocycles. The maximum atomic E-state index is 4.52. The van der Waals surface area contributed by atoms with Crippen molar-refractivity contribution in [3.8, 4) is 0 Å². The van der Waals surface area contributed by atoms with Crippen LogP contribution in [-0.4, -0.2) is 25.8 Å². The summed E-state index contributed by atoms with van der Waals surface area (Å²) in [4.78, 5) is 8.42. The first-order valence-corrected chi connectivity index (χ1v) is 6.11. The van der Waals surface area contributed by atoms with E-state index in [2.05, 4.69) is 39.6 Å². The molecule has 1 N–H and O–H groups in total. The summed E-state index contributed by atoms with van der Waals surface area (Å²) >= 11 is 1.68. The summed E-state index contributed by atoms with van der Waals surface area (Å²) in [5.41, 5.74) is 1.04. The van der Waals surface area contributed by atoms with E-state index in [0.717, 1.165) is 17.2 Å². The molecule has 0 fully saturated rings. The molecule has 0 aliphatic rings. The van der Waals surface area contributed by atoms with Crippen LogP contribution in [0.15, 0.2) is 18.0 Å². The van der Waals surface area contributed by atoms with E-state index in [4.69, 9.17) is 0 Å². The lowest BCUT2D eigenvalue weighted by Crippen LogP contribution is -2.21.